The molecule has 1 unspecified atom stereocenters. The van der Waals surface area contributed by atoms with Crippen molar-refractivity contribution in [2.24, 2.45) is 5.84 Å². The zero-order valence-electron chi connectivity index (χ0n) is 10.1. The Balaban J connectivity index is 2.05. The van der Waals surface area contributed by atoms with E-state index in [0.29, 0.717) is 0 Å². The zero-order valence-corrected chi connectivity index (χ0v) is 10.1. The highest BCUT2D eigenvalue weighted by Crippen LogP contribution is 2.25. The summed E-state index contributed by atoms with van der Waals surface area (Å²) < 4.78 is 5.42. The maximum atomic E-state index is 5.63. The molecule has 0 radical (unpaired) electrons. The van der Waals surface area contributed by atoms with Crippen LogP contribution < -0.4 is 11.3 Å². The third-order valence-corrected chi connectivity index (χ3v) is 3.25. The van der Waals surface area contributed by atoms with Crippen LogP contribution in [0.25, 0.3) is 0 Å². The molecule has 0 aliphatic carbocycles. The number of ether oxygens (including phenoxy) is 1. The Kier molecular flexibility index (Phi) is 4.31. The van der Waals surface area contributed by atoms with E-state index >= 15 is 0 Å². The third-order valence-electron chi connectivity index (χ3n) is 3.25. The van der Waals surface area contributed by atoms with Gasteiger partial charge in [0.1, 0.15) is 0 Å². The van der Waals surface area contributed by atoms with E-state index in [0.717, 1.165) is 32.5 Å². The van der Waals surface area contributed by atoms with Gasteiger partial charge in [-0.05, 0) is 36.0 Å². The van der Waals surface area contributed by atoms with E-state index in [9.17, 15) is 0 Å². The van der Waals surface area contributed by atoms with Crippen LogP contribution in [0.1, 0.15) is 42.0 Å². The number of nitrogens with one attached hydrogen (secondary N) is 1. The Morgan fingerprint density at radius 2 is 2.24 bits per heavy atom. The molecule has 1 aromatic rings. The van der Waals surface area contributed by atoms with Crippen molar-refractivity contribution in [2.75, 3.05) is 0 Å². The lowest BCUT2D eigenvalue weighted by Gasteiger charge is -2.16. The van der Waals surface area contributed by atoms with Gasteiger partial charge in [-0.3, -0.25) is 11.3 Å². The van der Waals surface area contributed by atoms with Crippen LogP contribution >= 0.6 is 0 Å². The molecule has 0 fully saturated rings. The molecule has 0 spiro atoms. The van der Waals surface area contributed by atoms with Crippen molar-refractivity contribution in [3.05, 3.63) is 47.5 Å². The van der Waals surface area contributed by atoms with Gasteiger partial charge in [-0.1, -0.05) is 24.3 Å². The number of allylic oxidation sites excluding steroid dienone is 1. The average molecular weight is 232 g/mol. The molecule has 0 saturated heterocycles. The Morgan fingerprint density at radius 1 is 1.41 bits per heavy atom. The van der Waals surface area contributed by atoms with E-state index in [1.54, 1.807) is 0 Å². The smallest absolute Gasteiger partial charge is 0.0725 e. The lowest BCUT2D eigenvalue weighted by Crippen LogP contribution is -2.28. The minimum atomic E-state index is 0.223. The fourth-order valence-electron chi connectivity index (χ4n) is 2.22. The van der Waals surface area contributed by atoms with Gasteiger partial charge in [0.25, 0.3) is 0 Å². The molecule has 0 saturated carbocycles. The van der Waals surface area contributed by atoms with Crippen LogP contribution in [0.5, 0.6) is 0 Å². The van der Waals surface area contributed by atoms with Gasteiger partial charge in [0.2, 0.25) is 0 Å². The maximum Gasteiger partial charge on any atom is 0.0725 e. The minimum Gasteiger partial charge on any atom is -0.372 e. The molecule has 0 aromatic heterocycles. The summed E-state index contributed by atoms with van der Waals surface area (Å²) in [6.07, 6.45) is 5.12. The summed E-state index contributed by atoms with van der Waals surface area (Å²) in [7, 11) is 0. The lowest BCUT2D eigenvalue weighted by molar-refractivity contribution is 0.134. The molecule has 0 bridgehead atoms. The Bertz CT molecular complexity index is 390. The summed E-state index contributed by atoms with van der Waals surface area (Å²) >= 11 is 0. The van der Waals surface area contributed by atoms with Crippen molar-refractivity contribution in [3.8, 4) is 0 Å². The summed E-state index contributed by atoms with van der Waals surface area (Å²) in [5, 5.41) is 0. The highest BCUT2D eigenvalue weighted by molar-refractivity contribution is 5.34. The van der Waals surface area contributed by atoms with Crippen molar-refractivity contribution in [2.45, 2.75) is 38.5 Å². The van der Waals surface area contributed by atoms with Crippen LogP contribution in [0.3, 0.4) is 0 Å². The highest BCUT2D eigenvalue weighted by atomic mass is 16.5. The largest absolute Gasteiger partial charge is 0.372 e. The average Bonchev–Trinajstić information content (AvgIpc) is 2.82. The van der Waals surface area contributed by atoms with Crippen molar-refractivity contribution >= 4 is 0 Å². The van der Waals surface area contributed by atoms with Gasteiger partial charge in [-0.25, -0.2) is 0 Å². The van der Waals surface area contributed by atoms with Crippen molar-refractivity contribution in [1.29, 1.82) is 0 Å². The normalized spacial score (nSPS) is 15.6. The molecule has 3 heteroatoms. The molecule has 92 valence electrons. The number of nitrogens with two attached hydrogens (primary N) is 1. The summed E-state index contributed by atoms with van der Waals surface area (Å²) in [4.78, 5) is 0. The number of unbranched alkanes of at least 4 members (excludes halogenated alkanes) is 1. The molecule has 0 amide bonds. The van der Waals surface area contributed by atoms with Gasteiger partial charge >= 0.3 is 0 Å². The summed E-state index contributed by atoms with van der Waals surface area (Å²) in [5.74, 6) is 5.63. The van der Waals surface area contributed by atoms with E-state index < -0.39 is 0 Å². The van der Waals surface area contributed by atoms with Crippen molar-refractivity contribution in [3.63, 3.8) is 0 Å². The summed E-state index contributed by atoms with van der Waals surface area (Å²) in [6, 6.07) is 6.73. The van der Waals surface area contributed by atoms with Crippen LogP contribution in [0.4, 0.5) is 0 Å². The van der Waals surface area contributed by atoms with E-state index in [1.807, 2.05) is 6.08 Å². The van der Waals surface area contributed by atoms with E-state index in [4.69, 9.17) is 10.6 Å². The molecule has 17 heavy (non-hydrogen) atoms. The topological polar surface area (TPSA) is 47.3 Å². The molecular formula is C14H20N2O. The Morgan fingerprint density at radius 3 is 3.00 bits per heavy atom. The zero-order chi connectivity index (χ0) is 12.1. The number of hydrogen-bond acceptors (Lipinski definition) is 3. The van der Waals surface area contributed by atoms with Crippen LogP contribution in [0, 0.1) is 0 Å². The van der Waals surface area contributed by atoms with E-state index in [1.165, 1.54) is 16.7 Å². The number of benzene rings is 1. The predicted octanol–water partition coefficient (Wildman–Crippen LogP) is 2.58. The molecule has 1 aromatic carbocycles. The van der Waals surface area contributed by atoms with Gasteiger partial charge in [-0.2, -0.15) is 0 Å². The second kappa shape index (κ2) is 5.96. The standard InChI is InChI=1S/C14H20N2O/c1-2-3-4-5-14(16-15)11-6-7-12-9-17-10-13(12)8-11/h2,6-8,14,16H,1,3-5,9-10,15H2. The van der Waals surface area contributed by atoms with Crippen LogP contribution in [-0.2, 0) is 18.0 Å². The van der Waals surface area contributed by atoms with E-state index in [-0.39, 0.29) is 6.04 Å². The second-order valence-corrected chi connectivity index (χ2v) is 4.46. The van der Waals surface area contributed by atoms with Gasteiger partial charge < -0.3 is 4.74 Å². The molecule has 1 atom stereocenters. The molecular weight excluding hydrogens is 212 g/mol. The van der Waals surface area contributed by atoms with Gasteiger partial charge in [0, 0.05) is 6.04 Å². The minimum absolute atomic E-state index is 0.223. The summed E-state index contributed by atoms with van der Waals surface area (Å²) in [6.45, 7) is 5.21. The quantitative estimate of drug-likeness (QED) is 0.343. The molecule has 3 N–H and O–H groups in total. The van der Waals surface area contributed by atoms with Crippen LogP contribution in [0.2, 0.25) is 0 Å². The van der Waals surface area contributed by atoms with Gasteiger partial charge in [-0.15, -0.1) is 6.58 Å². The van der Waals surface area contributed by atoms with E-state index in [2.05, 4.69) is 30.2 Å². The molecule has 2 rings (SSSR count). The number of hydrazine groups is 1. The first-order valence-corrected chi connectivity index (χ1v) is 6.11. The van der Waals surface area contributed by atoms with Gasteiger partial charge in [0.05, 0.1) is 13.2 Å². The predicted molar refractivity (Wildman–Crippen MR) is 69.0 cm³/mol. The number of rotatable bonds is 6. The SMILES string of the molecule is C=CCCCC(NN)c1ccc2c(c1)COC2. The molecule has 3 nitrogen and oxygen atoms in total. The Labute approximate surface area is 103 Å². The highest BCUT2D eigenvalue weighted by Gasteiger charge is 2.15. The van der Waals surface area contributed by atoms with Crippen LogP contribution in [-0.4, -0.2) is 0 Å². The van der Waals surface area contributed by atoms with Crippen molar-refractivity contribution in [1.82, 2.24) is 5.43 Å². The first-order valence-electron chi connectivity index (χ1n) is 6.11. The number of hydrogen-bond donors (Lipinski definition) is 2. The molecule has 1 aliphatic rings. The first kappa shape index (κ1) is 12.3. The molecule has 1 aliphatic heterocycles. The first-order chi connectivity index (χ1) is 8.35. The van der Waals surface area contributed by atoms with Crippen LogP contribution in [0.15, 0.2) is 30.9 Å². The lowest BCUT2D eigenvalue weighted by atomic mass is 9.98. The maximum absolute atomic E-state index is 5.63. The van der Waals surface area contributed by atoms with Crippen molar-refractivity contribution < 1.29 is 4.74 Å². The van der Waals surface area contributed by atoms with Gasteiger partial charge in [0.15, 0.2) is 0 Å². The second-order valence-electron chi connectivity index (χ2n) is 4.46. The fourth-order valence-corrected chi connectivity index (χ4v) is 2.22. The Hall–Kier alpha value is -1.16. The monoisotopic (exact) mass is 232 g/mol. The summed E-state index contributed by atoms with van der Waals surface area (Å²) in [5.41, 5.74) is 6.74. The molecule has 1 heterocycles. The fraction of sp³-hybridized carbons (Fsp3) is 0.429. The third kappa shape index (κ3) is 2.94. The number of fused-ring (bicyclic) bond motifs is 1.